The van der Waals surface area contributed by atoms with Gasteiger partial charge >= 0.3 is 0 Å². The van der Waals surface area contributed by atoms with Gasteiger partial charge in [0.15, 0.2) is 0 Å². The minimum atomic E-state index is -3.85. The zero-order chi connectivity index (χ0) is 17.9. The molecule has 2 rings (SSSR count). The summed E-state index contributed by atoms with van der Waals surface area (Å²) < 4.78 is 22.8. The minimum absolute atomic E-state index is 0.0819. The summed E-state index contributed by atoms with van der Waals surface area (Å²) >= 11 is 12.0. The Bertz CT molecular complexity index is 905. The van der Waals surface area contributed by atoms with Crippen LogP contribution in [-0.2, 0) is 14.8 Å². The van der Waals surface area contributed by atoms with Gasteiger partial charge in [-0.1, -0.05) is 35.3 Å². The number of hydrogen-bond donors (Lipinski definition) is 2. The molecule has 0 saturated carbocycles. The topological polar surface area (TPSA) is 89.3 Å². The Kier molecular flexibility index (Phi) is 5.66. The number of amides is 1. The van der Waals surface area contributed by atoms with Gasteiger partial charge < -0.3 is 5.32 Å². The van der Waals surface area contributed by atoms with Crippen molar-refractivity contribution in [2.75, 3.05) is 5.32 Å². The van der Waals surface area contributed by atoms with Crippen molar-refractivity contribution in [2.24, 2.45) is 5.14 Å². The zero-order valence-corrected chi connectivity index (χ0v) is 14.9. The van der Waals surface area contributed by atoms with E-state index in [2.05, 4.69) is 5.32 Å². The highest BCUT2D eigenvalue weighted by atomic mass is 35.5. The van der Waals surface area contributed by atoms with Gasteiger partial charge in [0.2, 0.25) is 15.9 Å². The van der Waals surface area contributed by atoms with Crippen LogP contribution in [0.3, 0.4) is 0 Å². The van der Waals surface area contributed by atoms with E-state index >= 15 is 0 Å². The Balaban J connectivity index is 2.23. The maximum atomic E-state index is 12.1. The molecule has 0 bridgehead atoms. The Morgan fingerprint density at radius 2 is 1.79 bits per heavy atom. The van der Waals surface area contributed by atoms with Gasteiger partial charge in [-0.25, -0.2) is 13.6 Å². The first-order chi connectivity index (χ1) is 11.2. The van der Waals surface area contributed by atoms with E-state index in [0.29, 0.717) is 26.9 Å². The molecule has 2 aromatic rings. The third kappa shape index (κ3) is 4.58. The molecule has 0 radical (unpaired) electrons. The average molecular weight is 385 g/mol. The molecule has 1 amide bonds. The number of halogens is 2. The van der Waals surface area contributed by atoms with Gasteiger partial charge in [-0.2, -0.15) is 0 Å². The largest absolute Gasteiger partial charge is 0.322 e. The minimum Gasteiger partial charge on any atom is -0.322 e. The number of nitrogens with one attached hydrogen (secondary N) is 1. The zero-order valence-electron chi connectivity index (χ0n) is 12.6. The molecule has 2 aromatic carbocycles. The molecular formula is C16H14Cl2N2O3S. The molecule has 0 aliphatic rings. The molecular weight excluding hydrogens is 371 g/mol. The van der Waals surface area contributed by atoms with E-state index in [4.69, 9.17) is 28.3 Å². The third-order valence-electron chi connectivity index (χ3n) is 3.20. The van der Waals surface area contributed by atoms with Gasteiger partial charge in [0.1, 0.15) is 0 Å². The molecule has 0 aromatic heterocycles. The first-order valence-electron chi connectivity index (χ1n) is 6.75. The number of nitrogens with two attached hydrogens (primary N) is 1. The summed E-state index contributed by atoms with van der Waals surface area (Å²) in [4.78, 5) is 12.0. The second-order valence-electron chi connectivity index (χ2n) is 4.98. The number of carbonyl (C=O) groups is 1. The van der Waals surface area contributed by atoms with Gasteiger partial charge in [0.05, 0.1) is 4.90 Å². The fraction of sp³-hybridized carbons (Fsp3) is 0.0625. The maximum absolute atomic E-state index is 12.1. The molecule has 126 valence electrons. The van der Waals surface area contributed by atoms with E-state index in [9.17, 15) is 13.2 Å². The van der Waals surface area contributed by atoms with E-state index in [1.165, 1.54) is 24.3 Å². The number of benzene rings is 2. The number of carbonyl (C=O) groups excluding carboxylic acids is 1. The summed E-state index contributed by atoms with van der Waals surface area (Å²) in [6.45, 7) is 1.73. The van der Waals surface area contributed by atoms with E-state index in [1.807, 2.05) is 0 Å². The van der Waals surface area contributed by atoms with Crippen LogP contribution in [0.25, 0.3) is 6.08 Å². The lowest BCUT2D eigenvalue weighted by atomic mass is 10.2. The summed E-state index contributed by atoms with van der Waals surface area (Å²) in [7, 11) is -3.85. The van der Waals surface area contributed by atoms with Crippen LogP contribution in [0.5, 0.6) is 0 Å². The Hall–Kier alpha value is -1.86. The average Bonchev–Trinajstić information content (AvgIpc) is 2.48. The van der Waals surface area contributed by atoms with Crippen molar-refractivity contribution in [1.82, 2.24) is 0 Å². The van der Waals surface area contributed by atoms with Gasteiger partial charge in [-0.15, -0.1) is 0 Å². The summed E-state index contributed by atoms with van der Waals surface area (Å²) in [6, 6.07) is 9.25. The van der Waals surface area contributed by atoms with E-state index < -0.39 is 15.9 Å². The Morgan fingerprint density at radius 3 is 2.38 bits per heavy atom. The molecule has 24 heavy (non-hydrogen) atoms. The standard InChI is InChI=1S/C16H14Cl2N2O3S/c1-10-5-6-11(24(19,22)23)9-15(10)20-16(21)8-7-12-13(17)3-2-4-14(12)18/h2-9H,1H3,(H,20,21)(H2,19,22,23)/b8-7+. The van der Waals surface area contributed by atoms with E-state index in [-0.39, 0.29) is 4.90 Å². The fourth-order valence-electron chi connectivity index (χ4n) is 1.92. The highest BCUT2D eigenvalue weighted by Crippen LogP contribution is 2.25. The smallest absolute Gasteiger partial charge is 0.248 e. The van der Waals surface area contributed by atoms with Crippen molar-refractivity contribution in [1.29, 1.82) is 0 Å². The summed E-state index contributed by atoms with van der Waals surface area (Å²) in [5, 5.41) is 8.52. The predicted molar refractivity (Wildman–Crippen MR) is 96.7 cm³/mol. The number of rotatable bonds is 4. The highest BCUT2D eigenvalue weighted by Gasteiger charge is 2.11. The van der Waals surface area contributed by atoms with Crippen LogP contribution in [-0.4, -0.2) is 14.3 Å². The first kappa shape index (κ1) is 18.5. The lowest BCUT2D eigenvalue weighted by Crippen LogP contribution is -2.14. The fourth-order valence-corrected chi connectivity index (χ4v) is 2.98. The molecule has 3 N–H and O–H groups in total. The number of aryl methyl sites for hydroxylation is 1. The van der Waals surface area contributed by atoms with Gasteiger partial charge in [-0.3, -0.25) is 4.79 Å². The Labute approximate surface area is 150 Å². The number of hydrogen-bond acceptors (Lipinski definition) is 3. The molecule has 0 saturated heterocycles. The van der Waals surface area contributed by atoms with Crippen LogP contribution in [0.2, 0.25) is 10.0 Å². The van der Waals surface area contributed by atoms with Gasteiger partial charge in [-0.05, 0) is 42.8 Å². The molecule has 0 aliphatic heterocycles. The summed E-state index contributed by atoms with van der Waals surface area (Å²) in [6.07, 6.45) is 2.75. The quantitative estimate of drug-likeness (QED) is 0.788. The summed E-state index contributed by atoms with van der Waals surface area (Å²) in [5.41, 5.74) is 1.56. The van der Waals surface area contributed by atoms with Crippen molar-refractivity contribution in [3.8, 4) is 0 Å². The van der Waals surface area contributed by atoms with Gasteiger partial charge in [0, 0.05) is 27.4 Å². The number of sulfonamides is 1. The van der Waals surface area contributed by atoms with Crippen molar-refractivity contribution < 1.29 is 13.2 Å². The molecule has 0 fully saturated rings. The molecule has 0 unspecified atom stereocenters. The van der Waals surface area contributed by atoms with Crippen LogP contribution < -0.4 is 10.5 Å². The van der Waals surface area contributed by atoms with Gasteiger partial charge in [0.25, 0.3) is 0 Å². The van der Waals surface area contributed by atoms with Crippen molar-refractivity contribution >= 4 is 50.9 Å². The summed E-state index contributed by atoms with van der Waals surface area (Å²) in [5.74, 6) is -0.458. The normalized spacial score (nSPS) is 11.7. The van der Waals surface area contributed by atoms with Crippen LogP contribution in [0.15, 0.2) is 47.4 Å². The monoisotopic (exact) mass is 384 g/mol. The number of anilines is 1. The number of primary sulfonamides is 1. The molecule has 5 nitrogen and oxygen atoms in total. The molecule has 0 aliphatic carbocycles. The predicted octanol–water partition coefficient (Wildman–Crippen LogP) is 3.60. The van der Waals surface area contributed by atoms with Crippen LogP contribution in [0.1, 0.15) is 11.1 Å². The van der Waals surface area contributed by atoms with Crippen molar-refractivity contribution in [3.63, 3.8) is 0 Å². The highest BCUT2D eigenvalue weighted by molar-refractivity contribution is 7.89. The second-order valence-corrected chi connectivity index (χ2v) is 7.36. The lowest BCUT2D eigenvalue weighted by Gasteiger charge is -2.08. The van der Waals surface area contributed by atoms with Crippen LogP contribution in [0, 0.1) is 6.92 Å². The third-order valence-corrected chi connectivity index (χ3v) is 4.77. The maximum Gasteiger partial charge on any atom is 0.248 e. The van der Waals surface area contributed by atoms with E-state index in [1.54, 1.807) is 31.2 Å². The molecule has 8 heteroatoms. The second kappa shape index (κ2) is 7.36. The van der Waals surface area contributed by atoms with Crippen molar-refractivity contribution in [3.05, 3.63) is 63.6 Å². The first-order valence-corrected chi connectivity index (χ1v) is 9.05. The Morgan fingerprint density at radius 1 is 1.17 bits per heavy atom. The SMILES string of the molecule is Cc1ccc(S(N)(=O)=O)cc1NC(=O)/C=C/c1c(Cl)cccc1Cl. The molecule has 0 spiro atoms. The van der Waals surface area contributed by atoms with Crippen LogP contribution in [0.4, 0.5) is 5.69 Å². The molecule has 0 heterocycles. The van der Waals surface area contributed by atoms with Crippen LogP contribution >= 0.6 is 23.2 Å². The van der Waals surface area contributed by atoms with E-state index in [0.717, 1.165) is 0 Å². The lowest BCUT2D eigenvalue weighted by molar-refractivity contribution is -0.111. The molecule has 0 atom stereocenters. The van der Waals surface area contributed by atoms with Crippen molar-refractivity contribution in [2.45, 2.75) is 11.8 Å².